The van der Waals surface area contributed by atoms with E-state index in [9.17, 15) is 4.79 Å². The highest BCUT2D eigenvalue weighted by atomic mass is 16.9. The Morgan fingerprint density at radius 3 is 1.79 bits per heavy atom. The van der Waals surface area contributed by atoms with Crippen LogP contribution in [0.3, 0.4) is 0 Å². The minimum absolute atomic E-state index is 0.499. The lowest BCUT2D eigenvalue weighted by molar-refractivity contribution is -0.502. The van der Waals surface area contributed by atoms with Crippen LogP contribution in [-0.2, 0) is 28.6 Å². The second kappa shape index (κ2) is 6.44. The van der Waals surface area contributed by atoms with Gasteiger partial charge in [-0.25, -0.2) is 4.79 Å². The molecule has 0 atom stereocenters. The maximum Gasteiger partial charge on any atom is 0.349 e. The van der Waals surface area contributed by atoms with Crippen molar-refractivity contribution in [1.82, 2.24) is 5.06 Å². The van der Waals surface area contributed by atoms with Crippen molar-refractivity contribution < 1.29 is 28.6 Å². The monoisotopic (exact) mass is 275 g/mol. The zero-order chi connectivity index (χ0) is 14.5. The van der Waals surface area contributed by atoms with Crippen LogP contribution in [0.2, 0.25) is 0 Å². The fourth-order valence-electron chi connectivity index (χ4n) is 2.17. The topological polar surface area (TPSA) is 66.5 Å². The smallest absolute Gasteiger partial charge is 0.349 e. The lowest BCUT2D eigenvalue weighted by Gasteiger charge is -2.50. The predicted octanol–water partition coefficient (Wildman–Crippen LogP) is 1.01. The van der Waals surface area contributed by atoms with Crippen LogP contribution >= 0.6 is 0 Å². The van der Waals surface area contributed by atoms with E-state index in [1.807, 2.05) is 0 Å². The second-order valence-electron chi connectivity index (χ2n) is 4.00. The molecule has 0 aromatic rings. The summed E-state index contributed by atoms with van der Waals surface area (Å²) in [6.07, 6.45) is 2.75. The van der Waals surface area contributed by atoms with Crippen molar-refractivity contribution in [1.29, 1.82) is 0 Å². The molecule has 19 heavy (non-hydrogen) atoms. The summed E-state index contributed by atoms with van der Waals surface area (Å²) in [5.74, 6) is -3.18. The number of hydroxylamine groups is 2. The summed E-state index contributed by atoms with van der Waals surface area (Å²) >= 11 is 0. The summed E-state index contributed by atoms with van der Waals surface area (Å²) in [5, 5.41) is 1.16. The molecular formula is C12H21NO6. The van der Waals surface area contributed by atoms with Gasteiger partial charge in [-0.2, -0.15) is 0 Å². The summed E-state index contributed by atoms with van der Waals surface area (Å²) < 4.78 is 21.5. The van der Waals surface area contributed by atoms with Crippen molar-refractivity contribution in [2.75, 3.05) is 28.4 Å². The second-order valence-corrected chi connectivity index (χ2v) is 4.00. The predicted molar refractivity (Wildman–Crippen MR) is 65.5 cm³/mol. The van der Waals surface area contributed by atoms with Crippen LogP contribution < -0.4 is 0 Å². The highest BCUT2D eigenvalue weighted by Crippen LogP contribution is 2.41. The molecule has 0 unspecified atom stereocenters. The number of rotatable bonds is 6. The number of hydrogen-bond acceptors (Lipinski definition) is 7. The Hall–Kier alpha value is -0.990. The molecule has 1 fully saturated rings. The van der Waals surface area contributed by atoms with E-state index in [-0.39, 0.29) is 0 Å². The van der Waals surface area contributed by atoms with Crippen molar-refractivity contribution >= 4 is 5.97 Å². The molecule has 0 spiro atoms. The third kappa shape index (κ3) is 2.80. The minimum atomic E-state index is -1.26. The first-order valence-electron chi connectivity index (χ1n) is 5.89. The van der Waals surface area contributed by atoms with Crippen molar-refractivity contribution in [3.8, 4) is 0 Å². The fraction of sp³-hybridized carbons (Fsp3) is 0.750. The number of piperidine rings is 1. The van der Waals surface area contributed by atoms with Gasteiger partial charge >= 0.3 is 5.97 Å². The van der Waals surface area contributed by atoms with Gasteiger partial charge in [0.2, 0.25) is 0 Å². The number of methoxy groups -OCH3 is 4. The highest BCUT2D eigenvalue weighted by molar-refractivity contribution is 5.80. The number of ether oxygens (including phenoxy) is 4. The van der Waals surface area contributed by atoms with Crippen LogP contribution in [0, 0.1) is 0 Å². The van der Waals surface area contributed by atoms with E-state index in [2.05, 4.69) is 6.58 Å². The van der Waals surface area contributed by atoms with Crippen molar-refractivity contribution in [3.63, 3.8) is 0 Å². The Morgan fingerprint density at radius 1 is 1.05 bits per heavy atom. The fourth-order valence-corrected chi connectivity index (χ4v) is 2.17. The summed E-state index contributed by atoms with van der Waals surface area (Å²) in [6, 6.07) is 0. The first-order valence-corrected chi connectivity index (χ1v) is 5.89. The Balaban J connectivity index is 3.17. The Kier molecular flexibility index (Phi) is 5.45. The van der Waals surface area contributed by atoms with Gasteiger partial charge in [-0.1, -0.05) is 6.58 Å². The molecule has 0 saturated carbocycles. The standard InChI is InChI=1S/C12H21NO6/c1-6-10(14)19-13-11(15-2,16-3)8-7-9-12(13,17-4)18-5/h6H,1,7-9H2,2-5H3. The largest absolute Gasteiger partial charge is 0.354 e. The van der Waals surface area contributed by atoms with E-state index in [1.165, 1.54) is 28.4 Å². The molecule has 7 heteroatoms. The van der Waals surface area contributed by atoms with Gasteiger partial charge in [-0.05, 0) is 11.5 Å². The molecule has 1 heterocycles. The third-order valence-corrected chi connectivity index (χ3v) is 3.23. The van der Waals surface area contributed by atoms with E-state index in [0.717, 1.165) is 11.1 Å². The normalized spacial score (nSPS) is 21.9. The Labute approximate surface area is 113 Å². The molecule has 0 radical (unpaired) electrons. The zero-order valence-corrected chi connectivity index (χ0v) is 11.8. The zero-order valence-electron chi connectivity index (χ0n) is 11.8. The average molecular weight is 275 g/mol. The number of nitrogens with zero attached hydrogens (tertiary/aromatic N) is 1. The van der Waals surface area contributed by atoms with Gasteiger partial charge in [0.05, 0.1) is 0 Å². The number of carbonyl (C=O) groups excluding carboxylic acids is 1. The molecular weight excluding hydrogens is 254 g/mol. The lowest BCUT2D eigenvalue weighted by atomic mass is 10.1. The molecule has 0 bridgehead atoms. The highest BCUT2D eigenvalue weighted by Gasteiger charge is 2.57. The van der Waals surface area contributed by atoms with Gasteiger partial charge in [0, 0.05) is 47.4 Å². The van der Waals surface area contributed by atoms with E-state index >= 15 is 0 Å². The molecule has 110 valence electrons. The van der Waals surface area contributed by atoms with Gasteiger partial charge in [0.1, 0.15) is 0 Å². The molecule has 1 saturated heterocycles. The van der Waals surface area contributed by atoms with Crippen LogP contribution in [0.5, 0.6) is 0 Å². The molecule has 1 rings (SSSR count). The molecule has 1 aliphatic rings. The van der Waals surface area contributed by atoms with Crippen molar-refractivity contribution in [3.05, 3.63) is 12.7 Å². The van der Waals surface area contributed by atoms with E-state index < -0.39 is 17.8 Å². The van der Waals surface area contributed by atoms with Gasteiger partial charge in [-0.15, -0.1) is 0 Å². The van der Waals surface area contributed by atoms with Crippen LogP contribution in [0.25, 0.3) is 0 Å². The Morgan fingerprint density at radius 2 is 1.47 bits per heavy atom. The van der Waals surface area contributed by atoms with E-state index in [4.69, 9.17) is 23.8 Å². The summed E-state index contributed by atoms with van der Waals surface area (Å²) in [7, 11) is 5.83. The van der Waals surface area contributed by atoms with Gasteiger partial charge in [0.15, 0.2) is 0 Å². The summed E-state index contributed by atoms with van der Waals surface area (Å²) in [4.78, 5) is 16.7. The first-order chi connectivity index (χ1) is 9.04. The quantitative estimate of drug-likeness (QED) is 0.529. The minimum Gasteiger partial charge on any atom is -0.354 e. The van der Waals surface area contributed by atoms with Crippen LogP contribution in [0.15, 0.2) is 12.7 Å². The molecule has 7 nitrogen and oxygen atoms in total. The van der Waals surface area contributed by atoms with Gasteiger partial charge in [-0.3, -0.25) is 0 Å². The maximum absolute atomic E-state index is 11.5. The lowest BCUT2D eigenvalue weighted by Crippen LogP contribution is -2.67. The van der Waals surface area contributed by atoms with Crippen LogP contribution in [0.1, 0.15) is 19.3 Å². The molecule has 1 aliphatic heterocycles. The number of hydrogen-bond donors (Lipinski definition) is 0. The first kappa shape index (κ1) is 16.1. The third-order valence-electron chi connectivity index (χ3n) is 3.23. The molecule has 0 amide bonds. The van der Waals surface area contributed by atoms with Gasteiger partial charge in [0.25, 0.3) is 11.8 Å². The van der Waals surface area contributed by atoms with Crippen molar-refractivity contribution in [2.45, 2.75) is 31.1 Å². The number of carbonyl (C=O) groups is 1. The average Bonchev–Trinajstić information content (AvgIpc) is 2.47. The van der Waals surface area contributed by atoms with Crippen LogP contribution in [0.4, 0.5) is 0 Å². The molecule has 0 aromatic heterocycles. The molecule has 0 aliphatic carbocycles. The maximum atomic E-state index is 11.5. The summed E-state index contributed by atoms with van der Waals surface area (Å²) in [5.41, 5.74) is 0. The molecule has 0 aromatic carbocycles. The van der Waals surface area contributed by atoms with Crippen molar-refractivity contribution in [2.24, 2.45) is 0 Å². The van der Waals surface area contributed by atoms with E-state index in [1.54, 1.807) is 0 Å². The van der Waals surface area contributed by atoms with Crippen LogP contribution in [-0.4, -0.2) is 51.3 Å². The SMILES string of the molecule is C=CC(=O)ON1C(OC)(OC)CCCC1(OC)OC. The van der Waals surface area contributed by atoms with E-state index in [0.29, 0.717) is 19.3 Å². The Bertz CT molecular complexity index is 304. The molecule has 0 N–H and O–H groups in total. The van der Waals surface area contributed by atoms with Gasteiger partial charge < -0.3 is 23.8 Å². The summed E-state index contributed by atoms with van der Waals surface area (Å²) in [6.45, 7) is 3.36.